The van der Waals surface area contributed by atoms with E-state index in [1.165, 1.54) is 18.5 Å². The second-order valence-corrected chi connectivity index (χ2v) is 10.3. The van der Waals surface area contributed by atoms with E-state index in [-0.39, 0.29) is 12.3 Å². The second kappa shape index (κ2) is 12.1. The zero-order valence-electron chi connectivity index (χ0n) is 22.9. The normalized spacial score (nSPS) is 14.7. The molecule has 1 aliphatic heterocycles. The Morgan fingerprint density at radius 2 is 1.71 bits per heavy atom. The lowest BCUT2D eigenvalue weighted by Crippen LogP contribution is -2.32. The van der Waals surface area contributed by atoms with Crippen LogP contribution in [-0.4, -0.2) is 54.6 Å². The molecule has 1 aromatic heterocycles. The molecule has 0 saturated carbocycles. The minimum Gasteiger partial charge on any atom is -0.493 e. The van der Waals surface area contributed by atoms with Gasteiger partial charge in [-0.1, -0.05) is 24.3 Å². The summed E-state index contributed by atoms with van der Waals surface area (Å²) in [5, 5.41) is 3.59. The molecule has 10 heteroatoms. The van der Waals surface area contributed by atoms with Gasteiger partial charge in [0.25, 0.3) is 0 Å². The van der Waals surface area contributed by atoms with E-state index < -0.39 is 11.7 Å². The fraction of sp³-hybridized carbons (Fsp3) is 0.323. The van der Waals surface area contributed by atoms with Crippen LogP contribution >= 0.6 is 0 Å². The fourth-order valence-electron chi connectivity index (χ4n) is 4.92. The number of rotatable bonds is 8. The highest BCUT2D eigenvalue weighted by Gasteiger charge is 2.30. The largest absolute Gasteiger partial charge is 0.493 e. The summed E-state index contributed by atoms with van der Waals surface area (Å²) < 4.78 is 50.1. The summed E-state index contributed by atoms with van der Waals surface area (Å²) in [6, 6.07) is 15.5. The van der Waals surface area contributed by atoms with Crippen LogP contribution in [0.1, 0.15) is 24.0 Å². The fourth-order valence-corrected chi connectivity index (χ4v) is 4.92. The summed E-state index contributed by atoms with van der Waals surface area (Å²) in [7, 11) is 3.74. The van der Waals surface area contributed by atoms with Crippen molar-refractivity contribution in [2.24, 2.45) is 5.92 Å². The first-order chi connectivity index (χ1) is 19.7. The van der Waals surface area contributed by atoms with Gasteiger partial charge in [-0.05, 0) is 74.8 Å². The number of carbonyl (C=O) groups excluding carboxylic acids is 1. The summed E-state index contributed by atoms with van der Waals surface area (Å²) in [4.78, 5) is 23.8. The molecule has 1 fully saturated rings. The Hall–Kier alpha value is -4.18. The van der Waals surface area contributed by atoms with E-state index in [2.05, 4.69) is 27.2 Å². The molecule has 3 aromatic carbocycles. The Morgan fingerprint density at radius 1 is 1.00 bits per heavy atom. The van der Waals surface area contributed by atoms with Gasteiger partial charge in [-0.25, -0.2) is 9.97 Å². The van der Waals surface area contributed by atoms with Crippen molar-refractivity contribution in [3.8, 4) is 22.8 Å². The van der Waals surface area contributed by atoms with Crippen LogP contribution in [0.5, 0.6) is 11.5 Å². The number of anilines is 1. The lowest BCUT2D eigenvalue weighted by molar-refractivity contribution is -0.137. The molecule has 7 nitrogen and oxygen atoms in total. The van der Waals surface area contributed by atoms with Gasteiger partial charge >= 0.3 is 6.18 Å². The van der Waals surface area contributed by atoms with E-state index in [9.17, 15) is 18.0 Å². The molecule has 0 spiro atoms. The molecular weight excluding hydrogens is 533 g/mol. The number of benzene rings is 3. The highest BCUT2D eigenvalue weighted by atomic mass is 19.4. The number of hydrogen-bond donors (Lipinski definition) is 1. The van der Waals surface area contributed by atoms with Crippen molar-refractivity contribution in [3.05, 3.63) is 78.1 Å². The SMILES string of the molecule is COc1cc2c(-c3ccc(NC(=O)Cc4ccc(C(F)(F)F)cc4)cc3)ncnc2cc1OCC1CCN(C)CC1. The summed E-state index contributed by atoms with van der Waals surface area (Å²) in [6.45, 7) is 2.77. The molecule has 41 heavy (non-hydrogen) atoms. The van der Waals surface area contributed by atoms with E-state index in [4.69, 9.17) is 9.47 Å². The monoisotopic (exact) mass is 564 g/mol. The van der Waals surface area contributed by atoms with Gasteiger partial charge in [-0.2, -0.15) is 13.2 Å². The summed E-state index contributed by atoms with van der Waals surface area (Å²) in [5.74, 6) is 1.42. The molecule has 0 aliphatic carbocycles. The van der Waals surface area contributed by atoms with Crippen molar-refractivity contribution in [1.82, 2.24) is 14.9 Å². The smallest absolute Gasteiger partial charge is 0.416 e. The third-order valence-corrected chi connectivity index (χ3v) is 7.32. The lowest BCUT2D eigenvalue weighted by Gasteiger charge is -2.28. The molecule has 0 radical (unpaired) electrons. The van der Waals surface area contributed by atoms with Crippen molar-refractivity contribution in [2.45, 2.75) is 25.4 Å². The maximum Gasteiger partial charge on any atom is 0.416 e. The minimum atomic E-state index is -4.41. The Bertz CT molecular complexity index is 1500. The van der Waals surface area contributed by atoms with Gasteiger partial charge in [-0.15, -0.1) is 0 Å². The summed E-state index contributed by atoms with van der Waals surface area (Å²) in [6.07, 6.45) is -0.748. The minimum absolute atomic E-state index is 0.0432. The first-order valence-corrected chi connectivity index (χ1v) is 13.4. The Kier molecular flexibility index (Phi) is 8.39. The number of halogens is 3. The molecule has 0 atom stereocenters. The summed E-state index contributed by atoms with van der Waals surface area (Å²) in [5.41, 5.74) is 2.55. The molecule has 0 unspecified atom stereocenters. The van der Waals surface area contributed by atoms with Crippen molar-refractivity contribution >= 4 is 22.5 Å². The average molecular weight is 565 g/mol. The highest BCUT2D eigenvalue weighted by molar-refractivity contribution is 5.95. The molecule has 0 bridgehead atoms. The number of methoxy groups -OCH3 is 1. The molecule has 5 rings (SSSR count). The predicted molar refractivity (Wildman–Crippen MR) is 151 cm³/mol. The van der Waals surface area contributed by atoms with Crippen LogP contribution in [0.4, 0.5) is 18.9 Å². The molecule has 4 aromatic rings. The first-order valence-electron chi connectivity index (χ1n) is 13.4. The second-order valence-electron chi connectivity index (χ2n) is 10.3. The topological polar surface area (TPSA) is 76.6 Å². The van der Waals surface area contributed by atoms with E-state index in [1.807, 2.05) is 24.3 Å². The van der Waals surface area contributed by atoms with Gasteiger partial charge in [0.05, 0.1) is 36.9 Å². The van der Waals surface area contributed by atoms with Crippen LogP contribution in [0.2, 0.25) is 0 Å². The molecule has 214 valence electrons. The van der Waals surface area contributed by atoms with Crippen LogP contribution in [0.3, 0.4) is 0 Å². The molecule has 1 amide bonds. The number of alkyl halides is 3. The molecule has 2 heterocycles. The maximum absolute atomic E-state index is 12.8. The number of ether oxygens (including phenoxy) is 2. The highest BCUT2D eigenvalue weighted by Crippen LogP contribution is 2.36. The Morgan fingerprint density at radius 3 is 2.37 bits per heavy atom. The third kappa shape index (κ3) is 6.94. The van der Waals surface area contributed by atoms with Gasteiger partial charge in [0.2, 0.25) is 5.91 Å². The van der Waals surface area contributed by atoms with Crippen LogP contribution in [-0.2, 0) is 17.4 Å². The van der Waals surface area contributed by atoms with E-state index >= 15 is 0 Å². The lowest BCUT2D eigenvalue weighted by atomic mass is 9.98. The van der Waals surface area contributed by atoms with E-state index in [0.717, 1.165) is 54.5 Å². The number of fused-ring (bicyclic) bond motifs is 1. The Labute approximate surface area is 236 Å². The van der Waals surface area contributed by atoms with Crippen LogP contribution < -0.4 is 14.8 Å². The zero-order chi connectivity index (χ0) is 29.0. The van der Waals surface area contributed by atoms with Crippen molar-refractivity contribution in [1.29, 1.82) is 0 Å². The zero-order valence-corrected chi connectivity index (χ0v) is 22.9. The van der Waals surface area contributed by atoms with Crippen molar-refractivity contribution < 1.29 is 27.4 Å². The number of amides is 1. The van der Waals surface area contributed by atoms with E-state index in [1.54, 1.807) is 19.2 Å². The van der Waals surface area contributed by atoms with E-state index in [0.29, 0.717) is 41.0 Å². The third-order valence-electron chi connectivity index (χ3n) is 7.32. The van der Waals surface area contributed by atoms with Gasteiger partial charge < -0.3 is 19.7 Å². The number of nitrogens with one attached hydrogen (secondary N) is 1. The number of hydrogen-bond acceptors (Lipinski definition) is 6. The standard InChI is InChI=1S/C31H31F3N4O3/c1-38-13-11-21(12-14-38)18-41-28-17-26-25(16-27(28)40-2)30(36-19-35-26)22-5-9-24(10-6-22)37-29(39)15-20-3-7-23(8-4-20)31(32,33)34/h3-10,16-17,19,21H,11-15,18H2,1-2H3,(H,37,39). The van der Waals surface area contributed by atoms with Gasteiger partial charge in [0.1, 0.15) is 6.33 Å². The Balaban J connectivity index is 1.27. The van der Waals surface area contributed by atoms with Gasteiger partial charge in [0.15, 0.2) is 11.5 Å². The molecule has 1 aliphatic rings. The number of piperidine rings is 1. The number of aromatic nitrogens is 2. The van der Waals surface area contributed by atoms with Gasteiger partial charge in [0, 0.05) is 22.7 Å². The maximum atomic E-state index is 12.8. The average Bonchev–Trinajstić information content (AvgIpc) is 2.96. The molecule has 1 saturated heterocycles. The molecular formula is C31H31F3N4O3. The summed E-state index contributed by atoms with van der Waals surface area (Å²) >= 11 is 0. The van der Waals surface area contributed by atoms with Crippen molar-refractivity contribution in [2.75, 3.05) is 39.2 Å². The van der Waals surface area contributed by atoms with Gasteiger partial charge in [-0.3, -0.25) is 4.79 Å². The number of nitrogens with zero attached hydrogens (tertiary/aromatic N) is 3. The predicted octanol–water partition coefficient (Wildman–Crippen LogP) is 6.23. The first kappa shape index (κ1) is 28.4. The quantitative estimate of drug-likeness (QED) is 0.274. The van der Waals surface area contributed by atoms with Crippen molar-refractivity contribution in [3.63, 3.8) is 0 Å². The number of carbonyl (C=O) groups is 1. The number of likely N-dealkylation sites (tertiary alicyclic amines) is 1. The van der Waals surface area contributed by atoms with Crippen LogP contribution in [0.25, 0.3) is 22.2 Å². The molecule has 1 N–H and O–H groups in total. The van der Waals surface area contributed by atoms with Crippen LogP contribution in [0.15, 0.2) is 67.0 Å². The van der Waals surface area contributed by atoms with Crippen LogP contribution in [0, 0.1) is 5.92 Å².